The van der Waals surface area contributed by atoms with Crippen molar-refractivity contribution in [3.8, 4) is 0 Å². The van der Waals surface area contributed by atoms with Crippen molar-refractivity contribution in [1.82, 2.24) is 0 Å². The molecule has 2 rings (SSSR count). The largest absolute Gasteiger partial charge is 0.377 e. The summed E-state index contributed by atoms with van der Waals surface area (Å²) >= 11 is 0. The monoisotopic (exact) mass is 154 g/mol. The Kier molecular flexibility index (Phi) is 1.27. The van der Waals surface area contributed by atoms with Crippen molar-refractivity contribution in [2.75, 3.05) is 6.61 Å². The van der Waals surface area contributed by atoms with Crippen LogP contribution in [0.2, 0.25) is 0 Å². The Morgan fingerprint density at radius 2 is 2.36 bits per heavy atom. The van der Waals surface area contributed by atoms with Gasteiger partial charge in [0, 0.05) is 17.9 Å². The lowest BCUT2D eigenvalue weighted by Crippen LogP contribution is -2.57. The van der Waals surface area contributed by atoms with E-state index in [1.165, 1.54) is 0 Å². The molecule has 62 valence electrons. The van der Waals surface area contributed by atoms with Crippen molar-refractivity contribution in [3.05, 3.63) is 0 Å². The molecule has 3 heteroatoms. The third-order valence-electron chi connectivity index (χ3n) is 2.95. The van der Waals surface area contributed by atoms with Crippen LogP contribution in [0.5, 0.6) is 0 Å². The lowest BCUT2D eigenvalue weighted by Gasteiger charge is -2.47. The molecule has 3 nitrogen and oxygen atoms in total. The molecule has 1 saturated heterocycles. The molecule has 0 radical (unpaired) electrons. The number of rotatable bonds is 0. The minimum atomic E-state index is 0.0932. The summed E-state index contributed by atoms with van der Waals surface area (Å²) < 4.78 is 5.56. The maximum absolute atomic E-state index is 5.56. The van der Waals surface area contributed by atoms with Gasteiger partial charge in [0.1, 0.15) is 0 Å². The highest BCUT2D eigenvalue weighted by atomic mass is 16.5. The van der Waals surface area contributed by atoms with E-state index in [2.05, 4.69) is 18.9 Å². The first-order chi connectivity index (χ1) is 5.18. The molecule has 1 aliphatic heterocycles. The number of hydrogen-bond acceptors (Lipinski definition) is 3. The van der Waals surface area contributed by atoms with Crippen LogP contribution in [0, 0.1) is 11.3 Å². The second-order valence-corrected chi connectivity index (χ2v) is 3.92. The topological polar surface area (TPSA) is 47.6 Å². The van der Waals surface area contributed by atoms with Gasteiger partial charge in [0.2, 0.25) is 0 Å². The quantitative estimate of drug-likeness (QED) is 0.413. The molecular weight excluding hydrogens is 140 g/mol. The van der Waals surface area contributed by atoms with Gasteiger partial charge in [-0.15, -0.1) is 0 Å². The van der Waals surface area contributed by atoms with E-state index in [-0.39, 0.29) is 5.41 Å². The Hall–Kier alpha value is -0.570. The van der Waals surface area contributed by atoms with Crippen LogP contribution in [0.15, 0.2) is 5.10 Å². The average Bonchev–Trinajstić information content (AvgIpc) is 2.34. The van der Waals surface area contributed by atoms with Crippen LogP contribution in [-0.4, -0.2) is 18.4 Å². The SMILES string of the molecule is CC1(C)/C(=N/N)C2CCOC21. The van der Waals surface area contributed by atoms with Gasteiger partial charge < -0.3 is 10.6 Å². The average molecular weight is 154 g/mol. The lowest BCUT2D eigenvalue weighted by atomic mass is 9.60. The number of hydrazone groups is 1. The van der Waals surface area contributed by atoms with Gasteiger partial charge in [-0.2, -0.15) is 5.10 Å². The van der Waals surface area contributed by atoms with E-state index in [1.54, 1.807) is 0 Å². The first-order valence-corrected chi connectivity index (χ1v) is 4.08. The molecule has 2 unspecified atom stereocenters. The second-order valence-electron chi connectivity index (χ2n) is 3.92. The summed E-state index contributed by atoms with van der Waals surface area (Å²) in [7, 11) is 0. The molecular formula is C8H14N2O. The van der Waals surface area contributed by atoms with Gasteiger partial charge in [-0.25, -0.2) is 0 Å². The van der Waals surface area contributed by atoms with Crippen LogP contribution < -0.4 is 5.84 Å². The summed E-state index contributed by atoms with van der Waals surface area (Å²) in [5.41, 5.74) is 1.23. The highest BCUT2D eigenvalue weighted by molar-refractivity contribution is 5.99. The minimum absolute atomic E-state index is 0.0932. The van der Waals surface area contributed by atoms with Gasteiger partial charge in [0.25, 0.3) is 0 Å². The summed E-state index contributed by atoms with van der Waals surface area (Å²) in [5.74, 6) is 5.82. The van der Waals surface area contributed by atoms with Crippen LogP contribution in [0.1, 0.15) is 20.3 Å². The molecule has 2 atom stereocenters. The van der Waals surface area contributed by atoms with E-state index < -0.39 is 0 Å². The van der Waals surface area contributed by atoms with Crippen molar-refractivity contribution >= 4 is 5.71 Å². The number of fused-ring (bicyclic) bond motifs is 1. The Bertz CT molecular complexity index is 210. The smallest absolute Gasteiger partial charge is 0.0760 e. The Labute approximate surface area is 66.6 Å². The first-order valence-electron chi connectivity index (χ1n) is 4.08. The highest BCUT2D eigenvalue weighted by Gasteiger charge is 2.57. The van der Waals surface area contributed by atoms with E-state index in [1.807, 2.05) is 0 Å². The van der Waals surface area contributed by atoms with E-state index in [0.717, 1.165) is 18.7 Å². The van der Waals surface area contributed by atoms with E-state index in [4.69, 9.17) is 10.6 Å². The van der Waals surface area contributed by atoms with E-state index >= 15 is 0 Å². The summed E-state index contributed by atoms with van der Waals surface area (Å²) in [6, 6.07) is 0. The highest BCUT2D eigenvalue weighted by Crippen LogP contribution is 2.49. The van der Waals surface area contributed by atoms with Gasteiger partial charge >= 0.3 is 0 Å². The third kappa shape index (κ3) is 0.692. The maximum Gasteiger partial charge on any atom is 0.0760 e. The molecule has 1 heterocycles. The molecule has 2 fully saturated rings. The summed E-state index contributed by atoms with van der Waals surface area (Å²) in [6.07, 6.45) is 1.48. The fourth-order valence-corrected chi connectivity index (χ4v) is 2.37. The molecule has 0 bridgehead atoms. The fraction of sp³-hybridized carbons (Fsp3) is 0.875. The van der Waals surface area contributed by atoms with E-state index in [9.17, 15) is 0 Å². The second kappa shape index (κ2) is 1.97. The van der Waals surface area contributed by atoms with Crippen molar-refractivity contribution in [2.45, 2.75) is 26.4 Å². The fourth-order valence-electron chi connectivity index (χ4n) is 2.37. The predicted molar refractivity (Wildman–Crippen MR) is 43.3 cm³/mol. The first kappa shape index (κ1) is 7.10. The maximum atomic E-state index is 5.56. The summed E-state index contributed by atoms with van der Waals surface area (Å²) in [6.45, 7) is 5.16. The number of hydrogen-bond donors (Lipinski definition) is 1. The molecule has 2 N–H and O–H groups in total. The Morgan fingerprint density at radius 3 is 3.00 bits per heavy atom. The lowest BCUT2D eigenvalue weighted by molar-refractivity contribution is 0.0106. The van der Waals surface area contributed by atoms with Crippen LogP contribution in [0.4, 0.5) is 0 Å². The number of nitrogens with zero attached hydrogens (tertiary/aromatic N) is 1. The number of ether oxygens (including phenoxy) is 1. The summed E-state index contributed by atoms with van der Waals surface area (Å²) in [4.78, 5) is 0. The Balaban J connectivity index is 2.26. The van der Waals surface area contributed by atoms with Gasteiger partial charge in [-0.05, 0) is 6.42 Å². The summed E-state index contributed by atoms with van der Waals surface area (Å²) in [5, 5.41) is 3.83. The zero-order valence-electron chi connectivity index (χ0n) is 7.00. The molecule has 11 heavy (non-hydrogen) atoms. The van der Waals surface area contributed by atoms with Gasteiger partial charge in [0.05, 0.1) is 11.8 Å². The zero-order chi connectivity index (χ0) is 8.06. The van der Waals surface area contributed by atoms with Crippen LogP contribution in [-0.2, 0) is 4.74 Å². The minimum Gasteiger partial charge on any atom is -0.377 e. The Morgan fingerprint density at radius 1 is 1.64 bits per heavy atom. The molecule has 0 aromatic rings. The zero-order valence-corrected chi connectivity index (χ0v) is 7.00. The van der Waals surface area contributed by atoms with Crippen molar-refractivity contribution in [2.24, 2.45) is 22.3 Å². The molecule has 0 aromatic carbocycles. The van der Waals surface area contributed by atoms with Gasteiger partial charge in [-0.1, -0.05) is 13.8 Å². The number of nitrogens with two attached hydrogens (primary N) is 1. The van der Waals surface area contributed by atoms with Crippen LogP contribution in [0.25, 0.3) is 0 Å². The van der Waals surface area contributed by atoms with Crippen molar-refractivity contribution < 1.29 is 4.74 Å². The normalized spacial score (nSPS) is 43.6. The van der Waals surface area contributed by atoms with Crippen LogP contribution >= 0.6 is 0 Å². The molecule has 1 aliphatic carbocycles. The third-order valence-corrected chi connectivity index (χ3v) is 2.95. The van der Waals surface area contributed by atoms with Crippen LogP contribution in [0.3, 0.4) is 0 Å². The van der Waals surface area contributed by atoms with Gasteiger partial charge in [-0.3, -0.25) is 0 Å². The van der Waals surface area contributed by atoms with Crippen molar-refractivity contribution in [1.29, 1.82) is 0 Å². The molecule has 1 saturated carbocycles. The molecule has 2 aliphatic rings. The standard InChI is InChI=1S/C8H14N2O/c1-8(2)6(10-9)5-3-4-11-7(5)8/h5,7H,3-4,9H2,1-2H3/b10-6+. The van der Waals surface area contributed by atoms with Gasteiger partial charge in [0.15, 0.2) is 0 Å². The molecule has 0 aromatic heterocycles. The molecule has 0 amide bonds. The predicted octanol–water partition coefficient (Wildman–Crippen LogP) is 0.746. The van der Waals surface area contributed by atoms with E-state index in [0.29, 0.717) is 12.0 Å². The van der Waals surface area contributed by atoms with Crippen molar-refractivity contribution in [3.63, 3.8) is 0 Å². The molecule has 0 spiro atoms.